The number of hydrogen-bond donors (Lipinski definition) is 1. The van der Waals surface area contributed by atoms with Crippen molar-refractivity contribution < 1.29 is 22.0 Å². The number of nitrogens with one attached hydrogen (secondary N) is 1. The van der Waals surface area contributed by atoms with Gasteiger partial charge in [0.2, 0.25) is 5.43 Å². The van der Waals surface area contributed by atoms with E-state index in [1.807, 2.05) is 6.92 Å². The average molecular weight is 512 g/mol. The number of fused-ring (bicyclic) bond motifs is 2. The van der Waals surface area contributed by atoms with Crippen LogP contribution >= 0.6 is 18.2 Å². The molecule has 0 amide bonds. The largest absolute Gasteiger partial charge is 0.440 e. The highest BCUT2D eigenvalue weighted by atomic mass is 32.7. The number of pyridine rings is 1. The monoisotopic (exact) mass is 511 g/mol. The Kier molecular flexibility index (Phi) is 8.67. The molecular weight excluding hydrogens is 481 g/mol. The molecule has 3 rings (SSSR count). The molecule has 0 saturated carbocycles. The molecule has 1 heterocycles. The number of aromatic amines is 1. The molecular formula is C23H30NO6PS2. The van der Waals surface area contributed by atoms with Crippen LogP contribution in [0.25, 0.3) is 22.2 Å². The van der Waals surface area contributed by atoms with E-state index in [4.69, 9.17) is 9.05 Å². The lowest BCUT2D eigenvalue weighted by molar-refractivity contribution is 0.295. The van der Waals surface area contributed by atoms with Crippen LogP contribution in [-0.2, 0) is 18.9 Å². The average Bonchev–Trinajstić information content (AvgIpc) is 2.77. The minimum atomic E-state index is -3.53. The lowest BCUT2D eigenvalue weighted by Gasteiger charge is -2.18. The van der Waals surface area contributed by atoms with Crippen LogP contribution in [0.2, 0.25) is 0 Å². The summed E-state index contributed by atoms with van der Waals surface area (Å²) in [5, 5.41) is 0.689. The van der Waals surface area contributed by atoms with E-state index < -0.39 is 22.1 Å². The number of aromatic nitrogens is 1. The first kappa shape index (κ1) is 25.8. The van der Waals surface area contributed by atoms with Gasteiger partial charge in [-0.1, -0.05) is 32.8 Å². The molecule has 10 heteroatoms. The van der Waals surface area contributed by atoms with Crippen LogP contribution < -0.4 is 9.95 Å². The second-order valence-electron chi connectivity index (χ2n) is 7.69. The Labute approximate surface area is 198 Å². The molecule has 1 atom stereocenters. The molecule has 0 saturated heterocycles. The van der Waals surface area contributed by atoms with Gasteiger partial charge in [0.15, 0.2) is 15.6 Å². The predicted molar refractivity (Wildman–Crippen MR) is 135 cm³/mol. The first-order chi connectivity index (χ1) is 15.7. The van der Waals surface area contributed by atoms with Crippen molar-refractivity contribution in [3.05, 3.63) is 46.6 Å². The van der Waals surface area contributed by atoms with Gasteiger partial charge in [0, 0.05) is 16.8 Å². The maximum atomic E-state index is 13.1. The lowest BCUT2D eigenvalue weighted by Crippen LogP contribution is -2.11. The highest BCUT2D eigenvalue weighted by Gasteiger charge is 2.28. The predicted octanol–water partition coefficient (Wildman–Crippen LogP) is 6.26. The first-order valence-corrected chi connectivity index (χ1v) is 15.9. The van der Waals surface area contributed by atoms with Crippen LogP contribution in [0, 0.1) is 0 Å². The number of hydrogen-bond acceptors (Lipinski definition) is 7. The Balaban J connectivity index is 1.96. The van der Waals surface area contributed by atoms with Gasteiger partial charge in [0.25, 0.3) is 0 Å². The summed E-state index contributed by atoms with van der Waals surface area (Å²) in [5.74, 6) is 0.666. The fourth-order valence-electron chi connectivity index (χ4n) is 3.45. The Hall–Kier alpha value is -1.80. The molecule has 1 aromatic carbocycles. The van der Waals surface area contributed by atoms with Crippen LogP contribution in [0.3, 0.4) is 0 Å². The minimum Gasteiger partial charge on any atom is -0.413 e. The van der Waals surface area contributed by atoms with Crippen LogP contribution in [-0.4, -0.2) is 31.5 Å². The molecule has 0 spiro atoms. The fraction of sp³-hybridized carbons (Fsp3) is 0.435. The molecule has 1 aliphatic heterocycles. The van der Waals surface area contributed by atoms with Gasteiger partial charge in [0.05, 0.1) is 22.9 Å². The van der Waals surface area contributed by atoms with E-state index in [0.29, 0.717) is 34.3 Å². The smallest absolute Gasteiger partial charge is 0.413 e. The Morgan fingerprint density at radius 3 is 2.52 bits per heavy atom. The Bertz CT molecular complexity index is 1290. The highest BCUT2D eigenvalue weighted by molar-refractivity contribution is 8.55. The van der Waals surface area contributed by atoms with E-state index in [0.717, 1.165) is 30.6 Å². The van der Waals surface area contributed by atoms with Gasteiger partial charge >= 0.3 is 6.80 Å². The Morgan fingerprint density at radius 1 is 1.03 bits per heavy atom. The third-order valence-electron chi connectivity index (χ3n) is 5.08. The molecule has 33 heavy (non-hydrogen) atoms. The van der Waals surface area contributed by atoms with E-state index in [2.05, 4.69) is 11.9 Å². The van der Waals surface area contributed by atoms with Gasteiger partial charge in [-0.05, 0) is 66.9 Å². The van der Waals surface area contributed by atoms with Crippen molar-refractivity contribution in [3.8, 4) is 17.0 Å². The minimum absolute atomic E-state index is 0.0304. The number of rotatable bonds is 12. The molecule has 1 aliphatic carbocycles. The maximum Gasteiger partial charge on any atom is 0.440 e. The summed E-state index contributed by atoms with van der Waals surface area (Å²) >= 11 is 1.12. The molecule has 1 aromatic rings. The van der Waals surface area contributed by atoms with E-state index >= 15 is 0 Å². The zero-order valence-corrected chi connectivity index (χ0v) is 21.7. The van der Waals surface area contributed by atoms with Gasteiger partial charge in [0.1, 0.15) is 0 Å². The Morgan fingerprint density at radius 2 is 1.82 bits per heavy atom. The summed E-state index contributed by atoms with van der Waals surface area (Å²) in [4.78, 5) is 16.5. The number of benzene rings is 2. The number of H-pyrrole nitrogens is 1. The standard InChI is InChI=1S/C23H30NO6PS2/c1-4-7-8-13-32-31(26,29-6-3)30-22-12-11-20-19(23(22)25)15-17-9-10-18(16-21(17)24-20)33(27,28)14-5-2/h9-12,15-16,24H,4-8,13-14H2,1-3H3. The summed E-state index contributed by atoms with van der Waals surface area (Å²) in [7, 11) is -3.36. The van der Waals surface area contributed by atoms with Crippen LogP contribution in [0.15, 0.2) is 46.1 Å². The molecule has 180 valence electrons. The molecule has 2 aliphatic rings. The van der Waals surface area contributed by atoms with Crippen molar-refractivity contribution in [1.29, 1.82) is 0 Å². The van der Waals surface area contributed by atoms with Crippen molar-refractivity contribution in [3.63, 3.8) is 0 Å². The van der Waals surface area contributed by atoms with Crippen LogP contribution in [0.4, 0.5) is 0 Å². The fourth-order valence-corrected chi connectivity index (χ4v) is 8.23. The maximum absolute atomic E-state index is 13.1. The van der Waals surface area contributed by atoms with E-state index in [9.17, 15) is 17.8 Å². The zero-order valence-electron chi connectivity index (χ0n) is 19.1. The van der Waals surface area contributed by atoms with Crippen LogP contribution in [0.5, 0.6) is 5.75 Å². The summed E-state index contributed by atoms with van der Waals surface area (Å²) in [6.07, 6.45) is 3.49. The van der Waals surface area contributed by atoms with E-state index in [1.165, 1.54) is 6.07 Å². The van der Waals surface area contributed by atoms with Gasteiger partial charge in [-0.3, -0.25) is 9.32 Å². The lowest BCUT2D eigenvalue weighted by atomic mass is 10.1. The van der Waals surface area contributed by atoms with Gasteiger partial charge in [-0.15, -0.1) is 0 Å². The van der Waals surface area contributed by atoms with Gasteiger partial charge in [-0.2, -0.15) is 0 Å². The van der Waals surface area contributed by atoms with Gasteiger partial charge < -0.3 is 9.51 Å². The number of unbranched alkanes of at least 4 members (excludes halogenated alkanes) is 2. The molecule has 1 N–H and O–H groups in total. The van der Waals surface area contributed by atoms with Crippen molar-refractivity contribution in [2.75, 3.05) is 18.1 Å². The molecule has 7 nitrogen and oxygen atoms in total. The topological polar surface area (TPSA) is 103 Å². The zero-order chi connectivity index (χ0) is 24.1. The second-order valence-corrected chi connectivity index (χ2v) is 13.9. The van der Waals surface area contributed by atoms with Crippen molar-refractivity contribution in [2.45, 2.75) is 51.3 Å². The SMILES string of the molecule is CCCCCSP(=O)(OCC)Oc1ccc2[nH]c3cc(S(=O)(=O)CCC)ccc3cc-2c1=O. The molecule has 0 radical (unpaired) electrons. The third-order valence-corrected chi connectivity index (χ3v) is 10.8. The summed E-state index contributed by atoms with van der Waals surface area (Å²) in [5.41, 5.74) is 1.11. The summed E-state index contributed by atoms with van der Waals surface area (Å²) in [6.45, 7) is 2.33. The molecule has 1 unspecified atom stereocenters. The van der Waals surface area contributed by atoms with Crippen molar-refractivity contribution >= 4 is 38.9 Å². The quantitative estimate of drug-likeness (QED) is 0.174. The van der Waals surface area contributed by atoms with Crippen molar-refractivity contribution in [2.24, 2.45) is 0 Å². The summed E-state index contributed by atoms with van der Waals surface area (Å²) < 4.78 is 49.0. The molecule has 0 bridgehead atoms. The highest BCUT2D eigenvalue weighted by Crippen LogP contribution is 2.60. The third kappa shape index (κ3) is 6.21. The van der Waals surface area contributed by atoms with E-state index in [1.54, 1.807) is 37.3 Å². The van der Waals surface area contributed by atoms with Gasteiger partial charge in [-0.25, -0.2) is 13.0 Å². The molecule has 0 aromatic heterocycles. The normalized spacial score (nSPS) is 13.9. The van der Waals surface area contributed by atoms with Crippen LogP contribution in [0.1, 0.15) is 46.5 Å². The second kappa shape index (κ2) is 11.1. The molecule has 0 fully saturated rings. The number of sulfone groups is 1. The van der Waals surface area contributed by atoms with Crippen molar-refractivity contribution in [1.82, 2.24) is 4.98 Å². The summed E-state index contributed by atoms with van der Waals surface area (Å²) in [6, 6.07) is 9.64. The van der Waals surface area contributed by atoms with E-state index in [-0.39, 0.29) is 23.0 Å². The first-order valence-electron chi connectivity index (χ1n) is 11.1.